The predicted octanol–water partition coefficient (Wildman–Crippen LogP) is 4.12. The number of nitrogens with zero attached hydrogens (tertiary/aromatic N) is 1. The van der Waals surface area contributed by atoms with Crippen LogP contribution in [0.2, 0.25) is 0 Å². The first-order chi connectivity index (χ1) is 13.0. The van der Waals surface area contributed by atoms with Gasteiger partial charge in [-0.2, -0.15) is 0 Å². The Hall–Kier alpha value is -2.89. The lowest BCUT2D eigenvalue weighted by atomic mass is 9.92. The van der Waals surface area contributed by atoms with Crippen LogP contribution in [0.1, 0.15) is 51.9 Å². The van der Waals surface area contributed by atoms with Crippen molar-refractivity contribution in [2.24, 2.45) is 0 Å². The lowest BCUT2D eigenvalue weighted by molar-refractivity contribution is 0.0599. The summed E-state index contributed by atoms with van der Waals surface area (Å²) in [6.45, 7) is 6.04. The molecule has 2 aromatic rings. The number of carbonyl (C=O) groups is 2. The van der Waals surface area contributed by atoms with Gasteiger partial charge in [-0.3, -0.25) is 4.98 Å². The minimum absolute atomic E-state index is 0.232. The Morgan fingerprint density at radius 1 is 0.963 bits per heavy atom. The number of methoxy groups -OCH3 is 2. The van der Waals surface area contributed by atoms with E-state index in [1.165, 1.54) is 14.2 Å². The van der Waals surface area contributed by atoms with Crippen LogP contribution in [0, 0.1) is 13.8 Å². The van der Waals surface area contributed by atoms with Gasteiger partial charge in [-0.1, -0.05) is 31.5 Å². The number of hydrogen-bond acceptors (Lipinski definition) is 6. The van der Waals surface area contributed by atoms with Crippen LogP contribution in [-0.2, 0) is 9.47 Å². The van der Waals surface area contributed by atoms with E-state index >= 15 is 0 Å². The lowest BCUT2D eigenvalue weighted by Crippen LogP contribution is -2.16. The minimum atomic E-state index is -0.566. The maximum Gasteiger partial charge on any atom is 0.340 e. The van der Waals surface area contributed by atoms with Gasteiger partial charge >= 0.3 is 11.9 Å². The van der Waals surface area contributed by atoms with Crippen molar-refractivity contribution in [3.8, 4) is 16.9 Å². The third-order valence-electron chi connectivity index (χ3n) is 4.25. The predicted molar refractivity (Wildman–Crippen MR) is 102 cm³/mol. The van der Waals surface area contributed by atoms with Crippen LogP contribution >= 0.6 is 0 Å². The third kappa shape index (κ3) is 4.27. The molecular weight excluding hydrogens is 346 g/mol. The molecule has 0 saturated heterocycles. The molecule has 0 aliphatic heterocycles. The zero-order valence-corrected chi connectivity index (χ0v) is 16.4. The van der Waals surface area contributed by atoms with Gasteiger partial charge in [-0.05, 0) is 26.3 Å². The minimum Gasteiger partial charge on any atom is -0.493 e. The van der Waals surface area contributed by atoms with Gasteiger partial charge in [0.1, 0.15) is 5.75 Å². The molecular formula is C21H25NO5. The molecule has 0 atom stereocenters. The molecule has 0 amide bonds. The first-order valence-electron chi connectivity index (χ1n) is 8.86. The number of unbranched alkanes of at least 4 members (excludes halogenated alkanes) is 1. The van der Waals surface area contributed by atoms with E-state index in [4.69, 9.17) is 14.2 Å². The molecule has 0 saturated carbocycles. The van der Waals surface area contributed by atoms with Crippen LogP contribution in [0.5, 0.6) is 5.75 Å². The average molecular weight is 371 g/mol. The molecule has 0 N–H and O–H groups in total. The van der Waals surface area contributed by atoms with Gasteiger partial charge < -0.3 is 14.2 Å². The van der Waals surface area contributed by atoms with Crippen molar-refractivity contribution in [1.82, 2.24) is 4.98 Å². The summed E-state index contributed by atoms with van der Waals surface area (Å²) in [6, 6.07) is 7.31. The fourth-order valence-electron chi connectivity index (χ4n) is 2.95. The summed E-state index contributed by atoms with van der Waals surface area (Å²) in [5.41, 5.74) is 2.47. The maximum atomic E-state index is 12.5. The smallest absolute Gasteiger partial charge is 0.340 e. The van der Waals surface area contributed by atoms with Crippen LogP contribution in [0.25, 0.3) is 11.1 Å². The second kappa shape index (κ2) is 9.16. The first-order valence-corrected chi connectivity index (χ1v) is 8.86. The molecule has 1 aromatic heterocycles. The van der Waals surface area contributed by atoms with Gasteiger partial charge in [0, 0.05) is 11.1 Å². The molecule has 27 heavy (non-hydrogen) atoms. The van der Waals surface area contributed by atoms with Crippen LogP contribution < -0.4 is 4.74 Å². The molecule has 0 spiro atoms. The molecule has 1 aromatic carbocycles. The SMILES string of the molecule is CCCCOc1ccccc1-c1c(C(=O)OC)c(C)nc(C)c1C(=O)OC. The zero-order valence-electron chi connectivity index (χ0n) is 16.4. The molecule has 0 radical (unpaired) electrons. The summed E-state index contributed by atoms with van der Waals surface area (Å²) in [6.07, 6.45) is 1.90. The van der Waals surface area contributed by atoms with E-state index in [1.54, 1.807) is 13.8 Å². The fourth-order valence-corrected chi connectivity index (χ4v) is 2.95. The average Bonchev–Trinajstić information content (AvgIpc) is 2.67. The Kier molecular flexibility index (Phi) is 6.93. The van der Waals surface area contributed by atoms with Crippen LogP contribution in [0.3, 0.4) is 0 Å². The third-order valence-corrected chi connectivity index (χ3v) is 4.25. The normalized spacial score (nSPS) is 10.4. The van der Waals surface area contributed by atoms with E-state index in [0.29, 0.717) is 34.9 Å². The van der Waals surface area contributed by atoms with E-state index in [1.807, 2.05) is 24.3 Å². The number of hydrogen-bond donors (Lipinski definition) is 0. The van der Waals surface area contributed by atoms with Crippen molar-refractivity contribution < 1.29 is 23.8 Å². The Labute approximate surface area is 159 Å². The molecule has 6 heteroatoms. The molecule has 0 unspecified atom stereocenters. The maximum absolute atomic E-state index is 12.5. The lowest BCUT2D eigenvalue weighted by Gasteiger charge is -2.19. The van der Waals surface area contributed by atoms with Crippen molar-refractivity contribution in [2.45, 2.75) is 33.6 Å². The monoisotopic (exact) mass is 371 g/mol. The molecule has 0 bridgehead atoms. The van der Waals surface area contributed by atoms with Gasteiger partial charge in [-0.25, -0.2) is 9.59 Å². The van der Waals surface area contributed by atoms with Crippen LogP contribution in [0.15, 0.2) is 24.3 Å². The Balaban J connectivity index is 2.81. The first kappa shape index (κ1) is 20.4. The highest BCUT2D eigenvalue weighted by atomic mass is 16.5. The van der Waals surface area contributed by atoms with Gasteiger partial charge in [0.05, 0.1) is 43.3 Å². The molecule has 0 aliphatic rings. The standard InChI is InChI=1S/C21H25NO5/c1-6-7-12-27-16-11-9-8-10-15(16)19-17(20(23)25-4)13(2)22-14(3)18(19)21(24)26-5/h8-11H,6-7,12H2,1-5H3. The van der Waals surface area contributed by atoms with Gasteiger partial charge in [0.25, 0.3) is 0 Å². The Bertz CT molecular complexity index is 804. The molecule has 6 nitrogen and oxygen atoms in total. The zero-order chi connectivity index (χ0) is 20.0. The van der Waals surface area contributed by atoms with Gasteiger partial charge in [0.2, 0.25) is 0 Å². The number of para-hydroxylation sites is 1. The van der Waals surface area contributed by atoms with E-state index in [0.717, 1.165) is 12.8 Å². The second-order valence-corrected chi connectivity index (χ2v) is 6.09. The quantitative estimate of drug-likeness (QED) is 0.538. The number of pyridine rings is 1. The topological polar surface area (TPSA) is 74.7 Å². The molecule has 2 rings (SSSR count). The Morgan fingerprint density at radius 3 is 2.04 bits per heavy atom. The number of aromatic nitrogens is 1. The second-order valence-electron chi connectivity index (χ2n) is 6.09. The molecule has 144 valence electrons. The van der Waals surface area contributed by atoms with Crippen molar-refractivity contribution >= 4 is 11.9 Å². The van der Waals surface area contributed by atoms with E-state index in [9.17, 15) is 9.59 Å². The summed E-state index contributed by atoms with van der Waals surface area (Å²) >= 11 is 0. The highest BCUT2D eigenvalue weighted by Gasteiger charge is 2.28. The summed E-state index contributed by atoms with van der Waals surface area (Å²) in [5, 5.41) is 0. The van der Waals surface area contributed by atoms with Gasteiger partial charge in [-0.15, -0.1) is 0 Å². The summed E-state index contributed by atoms with van der Waals surface area (Å²) in [7, 11) is 2.60. The number of aryl methyl sites for hydroxylation is 2. The molecule has 0 aliphatic carbocycles. The largest absolute Gasteiger partial charge is 0.493 e. The van der Waals surface area contributed by atoms with Gasteiger partial charge in [0.15, 0.2) is 0 Å². The summed E-state index contributed by atoms with van der Waals surface area (Å²) < 4.78 is 15.8. The molecule has 1 heterocycles. The highest BCUT2D eigenvalue weighted by Crippen LogP contribution is 2.37. The van der Waals surface area contributed by atoms with Crippen LogP contribution in [0.4, 0.5) is 0 Å². The number of benzene rings is 1. The van der Waals surface area contributed by atoms with Crippen molar-refractivity contribution in [3.05, 3.63) is 46.8 Å². The number of ether oxygens (including phenoxy) is 3. The number of esters is 2. The molecule has 0 fully saturated rings. The highest BCUT2D eigenvalue weighted by molar-refractivity contribution is 6.07. The number of carbonyl (C=O) groups excluding carboxylic acids is 2. The Morgan fingerprint density at radius 2 is 1.52 bits per heavy atom. The summed E-state index contributed by atoms with van der Waals surface area (Å²) in [4.78, 5) is 29.4. The van der Waals surface area contributed by atoms with E-state index in [-0.39, 0.29) is 11.1 Å². The summed E-state index contributed by atoms with van der Waals surface area (Å²) in [5.74, 6) is -0.543. The van der Waals surface area contributed by atoms with E-state index in [2.05, 4.69) is 11.9 Å². The van der Waals surface area contributed by atoms with Crippen molar-refractivity contribution in [2.75, 3.05) is 20.8 Å². The number of rotatable bonds is 7. The van der Waals surface area contributed by atoms with Crippen molar-refractivity contribution in [1.29, 1.82) is 0 Å². The van der Waals surface area contributed by atoms with E-state index < -0.39 is 11.9 Å². The van der Waals surface area contributed by atoms with Crippen LogP contribution in [-0.4, -0.2) is 37.7 Å². The fraction of sp³-hybridized carbons (Fsp3) is 0.381. The van der Waals surface area contributed by atoms with Crippen molar-refractivity contribution in [3.63, 3.8) is 0 Å².